The van der Waals surface area contributed by atoms with Gasteiger partial charge in [0.2, 0.25) is 5.91 Å². The van der Waals surface area contributed by atoms with E-state index in [4.69, 9.17) is 15.2 Å². The molecular formula is C14H20F2N2O4. The summed E-state index contributed by atoms with van der Waals surface area (Å²) in [5.74, 6) is 0.156. The van der Waals surface area contributed by atoms with E-state index in [1.807, 2.05) is 0 Å². The van der Waals surface area contributed by atoms with E-state index in [0.29, 0.717) is 11.3 Å². The van der Waals surface area contributed by atoms with Crippen LogP contribution in [0.25, 0.3) is 0 Å². The predicted octanol–water partition coefficient (Wildman–Crippen LogP) is 1.28. The number of rotatable bonds is 9. The van der Waals surface area contributed by atoms with Crippen LogP contribution in [0.5, 0.6) is 11.5 Å². The fraction of sp³-hybridized carbons (Fsp3) is 0.500. The molecule has 0 radical (unpaired) electrons. The Morgan fingerprint density at radius 1 is 1.36 bits per heavy atom. The van der Waals surface area contributed by atoms with Gasteiger partial charge < -0.3 is 25.3 Å². The van der Waals surface area contributed by atoms with Crippen molar-refractivity contribution < 1.29 is 27.8 Å². The molecule has 1 rings (SSSR count). The highest BCUT2D eigenvalue weighted by Gasteiger charge is 2.14. The molecule has 1 aromatic rings. The lowest BCUT2D eigenvalue weighted by molar-refractivity contribution is -0.123. The first-order valence-corrected chi connectivity index (χ1v) is 6.61. The molecule has 6 nitrogen and oxygen atoms in total. The minimum Gasteiger partial charge on any atom is -0.497 e. The third kappa shape index (κ3) is 5.82. The number of hydrogen-bond acceptors (Lipinski definition) is 5. The van der Waals surface area contributed by atoms with Gasteiger partial charge in [0, 0.05) is 25.8 Å². The Balaban J connectivity index is 2.71. The molecule has 0 heterocycles. The zero-order valence-corrected chi connectivity index (χ0v) is 12.5. The molecule has 1 unspecified atom stereocenters. The fourth-order valence-electron chi connectivity index (χ4n) is 1.77. The Bertz CT molecular complexity index is 482. The first-order chi connectivity index (χ1) is 10.5. The van der Waals surface area contributed by atoms with Gasteiger partial charge in [-0.2, -0.15) is 8.78 Å². The molecule has 0 fully saturated rings. The monoisotopic (exact) mass is 318 g/mol. The summed E-state index contributed by atoms with van der Waals surface area (Å²) in [6.07, 6.45) is -0.302. The molecule has 0 bridgehead atoms. The van der Waals surface area contributed by atoms with E-state index >= 15 is 0 Å². The van der Waals surface area contributed by atoms with Crippen molar-refractivity contribution in [2.24, 2.45) is 5.73 Å². The predicted molar refractivity (Wildman–Crippen MR) is 75.9 cm³/mol. The molecule has 0 spiro atoms. The molecule has 0 aliphatic rings. The SMILES string of the molecule is COc1ccc(OC(F)F)c(CNC(=O)CC(CN)OC)c1. The van der Waals surface area contributed by atoms with E-state index in [-0.39, 0.29) is 37.3 Å². The van der Waals surface area contributed by atoms with Crippen LogP contribution in [0.4, 0.5) is 8.78 Å². The van der Waals surface area contributed by atoms with Gasteiger partial charge >= 0.3 is 6.61 Å². The number of ether oxygens (including phenoxy) is 3. The molecule has 8 heteroatoms. The van der Waals surface area contributed by atoms with Crippen molar-refractivity contribution in [3.05, 3.63) is 23.8 Å². The molecule has 0 saturated heterocycles. The Kier molecular flexibility index (Phi) is 7.55. The molecule has 1 aromatic carbocycles. The van der Waals surface area contributed by atoms with Gasteiger partial charge in [-0.05, 0) is 18.2 Å². The van der Waals surface area contributed by atoms with E-state index in [1.54, 1.807) is 0 Å². The van der Waals surface area contributed by atoms with Crippen LogP contribution in [-0.4, -0.2) is 39.4 Å². The van der Waals surface area contributed by atoms with Crippen LogP contribution in [0, 0.1) is 0 Å². The summed E-state index contributed by atoms with van der Waals surface area (Å²) in [4.78, 5) is 11.8. The molecule has 3 N–H and O–H groups in total. The van der Waals surface area contributed by atoms with Crippen molar-refractivity contribution in [1.82, 2.24) is 5.32 Å². The Hall–Kier alpha value is -1.93. The standard InChI is InChI=1S/C14H20F2N2O4/c1-20-10-3-4-12(22-14(15)16)9(5-10)8-18-13(19)6-11(7-17)21-2/h3-5,11,14H,6-8,17H2,1-2H3,(H,18,19). The van der Waals surface area contributed by atoms with Gasteiger partial charge in [-0.15, -0.1) is 0 Å². The van der Waals surface area contributed by atoms with Crippen LogP contribution in [0.3, 0.4) is 0 Å². The number of nitrogens with one attached hydrogen (secondary N) is 1. The van der Waals surface area contributed by atoms with E-state index in [1.165, 1.54) is 32.4 Å². The zero-order chi connectivity index (χ0) is 16.5. The maximum Gasteiger partial charge on any atom is 0.387 e. The van der Waals surface area contributed by atoms with Gasteiger partial charge in [0.25, 0.3) is 0 Å². The highest BCUT2D eigenvalue weighted by Crippen LogP contribution is 2.25. The molecule has 1 atom stereocenters. The van der Waals surface area contributed by atoms with Crippen LogP contribution < -0.4 is 20.5 Å². The lowest BCUT2D eigenvalue weighted by Gasteiger charge is -2.15. The molecular weight excluding hydrogens is 298 g/mol. The summed E-state index contributed by atoms with van der Waals surface area (Å²) in [5.41, 5.74) is 5.81. The number of amides is 1. The number of carbonyl (C=O) groups excluding carboxylic acids is 1. The smallest absolute Gasteiger partial charge is 0.387 e. The average molecular weight is 318 g/mol. The van der Waals surface area contributed by atoms with Crippen molar-refractivity contribution >= 4 is 5.91 Å². The van der Waals surface area contributed by atoms with Crippen LogP contribution in [0.1, 0.15) is 12.0 Å². The minimum atomic E-state index is -2.95. The average Bonchev–Trinajstić information content (AvgIpc) is 2.51. The maximum atomic E-state index is 12.4. The summed E-state index contributed by atoms with van der Waals surface area (Å²) in [7, 11) is 2.91. The van der Waals surface area contributed by atoms with Crippen molar-refractivity contribution in [3.63, 3.8) is 0 Å². The van der Waals surface area contributed by atoms with Crippen molar-refractivity contribution in [1.29, 1.82) is 0 Å². The van der Waals surface area contributed by atoms with E-state index < -0.39 is 6.61 Å². The number of benzene rings is 1. The topological polar surface area (TPSA) is 82.8 Å². The highest BCUT2D eigenvalue weighted by atomic mass is 19.3. The largest absolute Gasteiger partial charge is 0.497 e. The number of alkyl halides is 2. The van der Waals surface area contributed by atoms with Crippen molar-refractivity contribution in [2.45, 2.75) is 25.7 Å². The minimum absolute atomic E-state index is 0.0155. The second-order valence-electron chi connectivity index (χ2n) is 4.43. The Labute approximate surface area is 127 Å². The number of halogens is 2. The second-order valence-corrected chi connectivity index (χ2v) is 4.43. The van der Waals surface area contributed by atoms with E-state index in [2.05, 4.69) is 10.1 Å². The molecule has 0 aromatic heterocycles. The second kappa shape index (κ2) is 9.16. The van der Waals surface area contributed by atoms with E-state index in [0.717, 1.165) is 0 Å². The number of carbonyl (C=O) groups is 1. The first kappa shape index (κ1) is 18.1. The van der Waals surface area contributed by atoms with Gasteiger partial charge in [-0.3, -0.25) is 4.79 Å². The fourth-order valence-corrected chi connectivity index (χ4v) is 1.77. The van der Waals surface area contributed by atoms with Crippen molar-refractivity contribution in [3.8, 4) is 11.5 Å². The maximum absolute atomic E-state index is 12.4. The van der Waals surface area contributed by atoms with Crippen molar-refractivity contribution in [2.75, 3.05) is 20.8 Å². The summed E-state index contributed by atoms with van der Waals surface area (Å²) in [6.45, 7) is -2.71. The molecule has 0 saturated carbocycles. The lowest BCUT2D eigenvalue weighted by Crippen LogP contribution is -2.32. The summed E-state index contributed by atoms with van der Waals surface area (Å²) in [6, 6.07) is 4.39. The van der Waals surface area contributed by atoms with Gasteiger partial charge in [0.1, 0.15) is 11.5 Å². The molecule has 1 amide bonds. The van der Waals surface area contributed by atoms with Gasteiger partial charge in [-0.1, -0.05) is 0 Å². The van der Waals surface area contributed by atoms with Crippen LogP contribution >= 0.6 is 0 Å². The molecule has 22 heavy (non-hydrogen) atoms. The third-order valence-corrected chi connectivity index (χ3v) is 2.97. The van der Waals surface area contributed by atoms with Crippen LogP contribution in [-0.2, 0) is 16.1 Å². The first-order valence-electron chi connectivity index (χ1n) is 6.61. The number of hydrogen-bond donors (Lipinski definition) is 2. The summed E-state index contributed by atoms with van der Waals surface area (Å²) in [5, 5.41) is 2.61. The lowest BCUT2D eigenvalue weighted by atomic mass is 10.1. The zero-order valence-electron chi connectivity index (χ0n) is 12.5. The third-order valence-electron chi connectivity index (χ3n) is 2.97. The van der Waals surface area contributed by atoms with Gasteiger partial charge in [0.15, 0.2) is 0 Å². The van der Waals surface area contributed by atoms with E-state index in [9.17, 15) is 13.6 Å². The van der Waals surface area contributed by atoms with Gasteiger partial charge in [-0.25, -0.2) is 0 Å². The summed E-state index contributed by atoms with van der Waals surface area (Å²) < 4.78 is 39.2. The molecule has 124 valence electrons. The molecule has 0 aliphatic carbocycles. The quantitative estimate of drug-likeness (QED) is 0.716. The van der Waals surface area contributed by atoms with Crippen LogP contribution in [0.15, 0.2) is 18.2 Å². The van der Waals surface area contributed by atoms with Crippen LogP contribution in [0.2, 0.25) is 0 Å². The number of methoxy groups -OCH3 is 2. The highest BCUT2D eigenvalue weighted by molar-refractivity contribution is 5.76. The Morgan fingerprint density at radius 3 is 2.64 bits per heavy atom. The number of nitrogens with two attached hydrogens (primary N) is 1. The van der Waals surface area contributed by atoms with Gasteiger partial charge in [0.05, 0.1) is 19.6 Å². The molecule has 0 aliphatic heterocycles. The normalized spacial score (nSPS) is 12.1. The summed E-state index contributed by atoms with van der Waals surface area (Å²) >= 11 is 0. The Morgan fingerprint density at radius 2 is 2.09 bits per heavy atom.